The van der Waals surface area contributed by atoms with Crippen LogP contribution in [-0.4, -0.2) is 33.8 Å². The second-order valence-corrected chi connectivity index (χ2v) is 9.50. The molecule has 0 spiro atoms. The van der Waals surface area contributed by atoms with E-state index in [2.05, 4.69) is 4.98 Å². The number of ketones is 1. The zero-order valence-electron chi connectivity index (χ0n) is 18.9. The Morgan fingerprint density at radius 1 is 1.12 bits per heavy atom. The van der Waals surface area contributed by atoms with Crippen LogP contribution in [-0.2, 0) is 16.0 Å². The Hall–Kier alpha value is -3.79. The molecule has 0 saturated carbocycles. The number of rotatable bonds is 9. The lowest BCUT2D eigenvalue weighted by Gasteiger charge is -2.26. The fourth-order valence-corrected chi connectivity index (χ4v) is 4.35. The van der Waals surface area contributed by atoms with Crippen molar-refractivity contribution in [3.05, 3.63) is 70.4 Å². The lowest BCUT2D eigenvalue weighted by atomic mass is 9.85. The molecule has 1 aromatic heterocycles. The van der Waals surface area contributed by atoms with E-state index < -0.39 is 29.2 Å². The molecule has 178 valence electrons. The number of hydrogen-bond donors (Lipinski definition) is 3. The highest BCUT2D eigenvalue weighted by Gasteiger charge is 2.29. The van der Waals surface area contributed by atoms with Crippen molar-refractivity contribution in [2.75, 3.05) is 10.6 Å². The zero-order valence-corrected chi connectivity index (χ0v) is 19.7. The highest BCUT2D eigenvalue weighted by Crippen LogP contribution is 2.36. The van der Waals surface area contributed by atoms with Gasteiger partial charge < -0.3 is 21.5 Å². The number of carboxylic acids is 1. The fourth-order valence-electron chi connectivity index (χ4n) is 3.31. The summed E-state index contributed by atoms with van der Waals surface area (Å²) in [7, 11) is 0. The summed E-state index contributed by atoms with van der Waals surface area (Å²) in [4.78, 5) is 42.4. The molecule has 0 aliphatic rings. The maximum absolute atomic E-state index is 13.4. The number of anilines is 3. The number of nitrogens with zero attached hydrogens (tertiary/aromatic N) is 2. The first-order chi connectivity index (χ1) is 15.9. The van der Waals surface area contributed by atoms with Crippen molar-refractivity contribution in [1.29, 1.82) is 0 Å². The number of carbonyl (C=O) groups excluding carboxylic acids is 2. The average Bonchev–Trinajstić information content (AvgIpc) is 3.15. The summed E-state index contributed by atoms with van der Waals surface area (Å²) in [5, 5.41) is 9.58. The van der Waals surface area contributed by atoms with Crippen LogP contribution in [0.5, 0.6) is 0 Å². The molecule has 1 heterocycles. The largest absolute Gasteiger partial charge is 0.481 e. The van der Waals surface area contributed by atoms with Crippen LogP contribution < -0.4 is 16.4 Å². The van der Waals surface area contributed by atoms with Crippen molar-refractivity contribution in [1.82, 2.24) is 4.98 Å². The van der Waals surface area contributed by atoms with Crippen molar-refractivity contribution in [2.24, 2.45) is 11.1 Å². The number of aliphatic carboxylic acids is 1. The third-order valence-electron chi connectivity index (χ3n) is 5.40. The van der Waals surface area contributed by atoms with Crippen molar-refractivity contribution in [3.8, 4) is 0 Å². The van der Waals surface area contributed by atoms with Gasteiger partial charge in [0.05, 0.1) is 5.41 Å². The molecule has 1 atom stereocenters. The van der Waals surface area contributed by atoms with E-state index in [1.54, 1.807) is 45.0 Å². The van der Waals surface area contributed by atoms with Gasteiger partial charge in [0, 0.05) is 11.3 Å². The van der Waals surface area contributed by atoms with E-state index in [1.807, 2.05) is 0 Å². The number of carbonyl (C=O) groups is 3. The van der Waals surface area contributed by atoms with E-state index >= 15 is 0 Å². The number of hydrogen-bond acceptors (Lipinski definition) is 7. The van der Waals surface area contributed by atoms with Crippen LogP contribution in [0.4, 0.5) is 21.0 Å². The Morgan fingerprint density at radius 3 is 2.24 bits per heavy atom. The van der Waals surface area contributed by atoms with Gasteiger partial charge in [0.15, 0.2) is 5.13 Å². The Bertz CT molecular complexity index is 1220. The molecule has 0 bridgehead atoms. The molecule has 1 amide bonds. The van der Waals surface area contributed by atoms with E-state index in [4.69, 9.17) is 11.5 Å². The molecule has 34 heavy (non-hydrogen) atoms. The molecule has 0 fully saturated rings. The smallest absolute Gasteiger partial charge is 0.309 e. The second-order valence-electron chi connectivity index (χ2n) is 8.53. The van der Waals surface area contributed by atoms with Gasteiger partial charge in [-0.1, -0.05) is 35.6 Å². The number of amides is 1. The normalized spacial score (nSPS) is 12.2. The molecular weight excluding hydrogens is 459 g/mol. The molecule has 3 rings (SSSR count). The lowest BCUT2D eigenvalue weighted by Crippen LogP contribution is -2.39. The number of primary amides is 1. The Balaban J connectivity index is 1.92. The van der Waals surface area contributed by atoms with E-state index in [9.17, 15) is 23.9 Å². The Morgan fingerprint density at radius 2 is 1.71 bits per heavy atom. The van der Waals surface area contributed by atoms with Crippen LogP contribution in [0.25, 0.3) is 0 Å². The summed E-state index contributed by atoms with van der Waals surface area (Å²) < 4.78 is 13.4. The van der Waals surface area contributed by atoms with E-state index in [0.717, 1.165) is 16.9 Å². The molecular formula is C24H25FN4O4S. The number of nitrogen functional groups attached to an aromatic ring is 1. The predicted octanol–water partition coefficient (Wildman–Crippen LogP) is 3.76. The van der Waals surface area contributed by atoms with Gasteiger partial charge in [-0.2, -0.15) is 0 Å². The van der Waals surface area contributed by atoms with Gasteiger partial charge >= 0.3 is 5.97 Å². The van der Waals surface area contributed by atoms with Crippen molar-refractivity contribution < 1.29 is 23.9 Å². The highest BCUT2D eigenvalue weighted by atomic mass is 32.1. The molecule has 0 saturated heterocycles. The Labute approximate surface area is 200 Å². The minimum Gasteiger partial charge on any atom is -0.481 e. The first kappa shape index (κ1) is 24.8. The zero-order chi connectivity index (χ0) is 25.2. The van der Waals surface area contributed by atoms with Crippen molar-refractivity contribution in [2.45, 2.75) is 33.2 Å². The van der Waals surface area contributed by atoms with Crippen molar-refractivity contribution >= 4 is 45.6 Å². The first-order valence-corrected chi connectivity index (χ1v) is 11.2. The molecule has 8 nitrogen and oxygen atoms in total. The average molecular weight is 485 g/mol. The summed E-state index contributed by atoms with van der Waals surface area (Å²) in [6.07, 6.45) is 0.307. The van der Waals surface area contributed by atoms with Gasteiger partial charge in [-0.3, -0.25) is 14.4 Å². The first-order valence-electron chi connectivity index (χ1n) is 10.4. The van der Waals surface area contributed by atoms with Gasteiger partial charge in [-0.05, 0) is 57.0 Å². The van der Waals surface area contributed by atoms with E-state index in [0.29, 0.717) is 17.7 Å². The van der Waals surface area contributed by atoms with E-state index in [-0.39, 0.29) is 21.6 Å². The number of nitrogens with two attached hydrogens (primary N) is 2. The number of halogens is 1. The van der Waals surface area contributed by atoms with Gasteiger partial charge in [-0.25, -0.2) is 9.37 Å². The van der Waals surface area contributed by atoms with Crippen molar-refractivity contribution in [3.63, 3.8) is 0 Å². The SMILES string of the molecule is CC(C(N)=O)N(c1ccc(F)cc1)c1nc(N)c(C(=O)c2ccc(CC(C)(C)C(=O)O)cc2)s1. The summed E-state index contributed by atoms with van der Waals surface area (Å²) >= 11 is 0.994. The third-order valence-corrected chi connectivity index (χ3v) is 6.47. The van der Waals surface area contributed by atoms with Crippen LogP contribution in [0, 0.1) is 11.2 Å². The van der Waals surface area contributed by atoms with Gasteiger partial charge in [0.25, 0.3) is 0 Å². The van der Waals surface area contributed by atoms with Gasteiger partial charge in [-0.15, -0.1) is 0 Å². The number of thiazole rings is 1. The fraction of sp³-hybridized carbons (Fsp3) is 0.250. The number of carboxylic acid groups (broad SMARTS) is 1. The van der Waals surface area contributed by atoms with Crippen LogP contribution >= 0.6 is 11.3 Å². The summed E-state index contributed by atoms with van der Waals surface area (Å²) in [6, 6.07) is 11.2. The maximum atomic E-state index is 13.4. The van der Waals surface area contributed by atoms with Crippen LogP contribution in [0.3, 0.4) is 0 Å². The van der Waals surface area contributed by atoms with E-state index in [1.165, 1.54) is 29.2 Å². The highest BCUT2D eigenvalue weighted by molar-refractivity contribution is 7.18. The molecule has 2 aromatic carbocycles. The number of benzene rings is 2. The monoisotopic (exact) mass is 484 g/mol. The van der Waals surface area contributed by atoms with Crippen LogP contribution in [0.1, 0.15) is 41.6 Å². The van der Waals surface area contributed by atoms with Crippen LogP contribution in [0.15, 0.2) is 48.5 Å². The quantitative estimate of drug-likeness (QED) is 0.393. The molecule has 10 heteroatoms. The molecule has 0 aliphatic carbocycles. The molecule has 1 unspecified atom stereocenters. The molecule has 0 radical (unpaired) electrons. The predicted molar refractivity (Wildman–Crippen MR) is 129 cm³/mol. The maximum Gasteiger partial charge on any atom is 0.309 e. The van der Waals surface area contributed by atoms with Crippen LogP contribution in [0.2, 0.25) is 0 Å². The minimum atomic E-state index is -0.941. The topological polar surface area (TPSA) is 140 Å². The second kappa shape index (κ2) is 9.60. The minimum absolute atomic E-state index is 0.00938. The summed E-state index contributed by atoms with van der Waals surface area (Å²) in [6.45, 7) is 4.84. The molecule has 5 N–H and O–H groups in total. The van der Waals surface area contributed by atoms with Gasteiger partial charge in [0.1, 0.15) is 22.6 Å². The molecule has 3 aromatic rings. The summed E-state index contributed by atoms with van der Waals surface area (Å²) in [5.74, 6) is -2.36. The standard InChI is InChI=1S/C24H25FN4O4S/c1-13(21(27)31)29(17-10-8-16(25)9-11-17)23-28-20(26)19(34-23)18(30)15-6-4-14(5-7-15)12-24(2,3)22(32)33/h4-11,13H,12,26H2,1-3H3,(H2,27,31)(H,32,33). The molecule has 0 aliphatic heterocycles. The number of aromatic nitrogens is 1. The Kier molecular flexibility index (Phi) is 7.01. The third kappa shape index (κ3) is 5.23. The lowest BCUT2D eigenvalue weighted by molar-refractivity contribution is -0.146. The summed E-state index contributed by atoms with van der Waals surface area (Å²) in [5.41, 5.74) is 12.2. The van der Waals surface area contributed by atoms with Gasteiger partial charge in [0.2, 0.25) is 11.7 Å².